The summed E-state index contributed by atoms with van der Waals surface area (Å²) in [7, 11) is 0. The van der Waals surface area contributed by atoms with Crippen LogP contribution in [0.15, 0.2) is 54.6 Å². The third-order valence-corrected chi connectivity index (χ3v) is 4.78. The average molecular weight is 401 g/mol. The molecular weight excluding hydrogens is 379 g/mol. The molecule has 2 aromatic carbocycles. The summed E-state index contributed by atoms with van der Waals surface area (Å²) in [6, 6.07) is 14.8. The Morgan fingerprint density at radius 3 is 2.48 bits per heavy atom. The first kappa shape index (κ1) is 20.6. The highest BCUT2D eigenvalue weighted by Gasteiger charge is 2.30. The Morgan fingerprint density at radius 1 is 1.07 bits per heavy atom. The van der Waals surface area contributed by atoms with Crippen LogP contribution in [0, 0.1) is 13.8 Å². The summed E-state index contributed by atoms with van der Waals surface area (Å²) in [4.78, 5) is 12.3. The molecule has 3 rings (SSSR count). The standard InChI is InChI=1S/C22H22F3N3O/c1-15-20(14-21(29)26-12-11-17-7-4-3-5-8-17)16(2)28(27-15)19-10-6-9-18(13-19)22(23,24)25/h3-10,13H,11-12,14H2,1-2H3,(H,26,29). The minimum absolute atomic E-state index is 0.130. The van der Waals surface area contributed by atoms with E-state index < -0.39 is 11.7 Å². The first-order chi connectivity index (χ1) is 13.8. The number of aromatic nitrogens is 2. The quantitative estimate of drug-likeness (QED) is 0.665. The van der Waals surface area contributed by atoms with Gasteiger partial charge in [0.1, 0.15) is 0 Å². The molecule has 0 fully saturated rings. The van der Waals surface area contributed by atoms with Crippen molar-refractivity contribution in [1.29, 1.82) is 0 Å². The first-order valence-electron chi connectivity index (χ1n) is 9.29. The second kappa shape index (κ2) is 8.51. The normalized spacial score (nSPS) is 11.5. The molecule has 0 aliphatic carbocycles. The largest absolute Gasteiger partial charge is 0.416 e. The molecule has 0 saturated carbocycles. The van der Waals surface area contributed by atoms with Crippen molar-refractivity contribution in [3.05, 3.63) is 82.7 Å². The van der Waals surface area contributed by atoms with Gasteiger partial charge in [-0.15, -0.1) is 0 Å². The van der Waals surface area contributed by atoms with E-state index in [0.29, 0.717) is 23.6 Å². The minimum atomic E-state index is -4.42. The van der Waals surface area contributed by atoms with E-state index in [4.69, 9.17) is 0 Å². The lowest BCUT2D eigenvalue weighted by Gasteiger charge is -2.10. The molecule has 0 aliphatic heterocycles. The summed E-state index contributed by atoms with van der Waals surface area (Å²) in [5.74, 6) is -0.143. The van der Waals surface area contributed by atoms with Crippen molar-refractivity contribution in [2.75, 3.05) is 6.54 Å². The molecule has 0 saturated heterocycles. The van der Waals surface area contributed by atoms with Crippen molar-refractivity contribution in [1.82, 2.24) is 15.1 Å². The van der Waals surface area contributed by atoms with Crippen LogP contribution < -0.4 is 5.32 Å². The van der Waals surface area contributed by atoms with E-state index in [1.165, 1.54) is 10.7 Å². The van der Waals surface area contributed by atoms with E-state index in [-0.39, 0.29) is 12.3 Å². The van der Waals surface area contributed by atoms with E-state index in [2.05, 4.69) is 10.4 Å². The summed E-state index contributed by atoms with van der Waals surface area (Å²) in [5, 5.41) is 7.24. The van der Waals surface area contributed by atoms with Crippen molar-refractivity contribution in [2.45, 2.75) is 32.9 Å². The molecule has 1 heterocycles. The number of nitrogens with one attached hydrogen (secondary N) is 1. The predicted octanol–water partition coefficient (Wildman–Crippen LogP) is 4.41. The second-order valence-corrected chi connectivity index (χ2v) is 6.87. The average Bonchev–Trinajstić information content (AvgIpc) is 2.96. The van der Waals surface area contributed by atoms with Crippen molar-refractivity contribution in [3.8, 4) is 5.69 Å². The van der Waals surface area contributed by atoms with Crippen LogP contribution in [0.1, 0.15) is 28.1 Å². The summed E-state index contributed by atoms with van der Waals surface area (Å²) < 4.78 is 40.5. The van der Waals surface area contributed by atoms with E-state index in [0.717, 1.165) is 29.7 Å². The Bertz CT molecular complexity index is 994. The van der Waals surface area contributed by atoms with Gasteiger partial charge < -0.3 is 5.32 Å². The van der Waals surface area contributed by atoms with Gasteiger partial charge in [0.05, 0.1) is 23.4 Å². The third-order valence-electron chi connectivity index (χ3n) is 4.78. The fourth-order valence-electron chi connectivity index (χ4n) is 3.21. The molecule has 1 amide bonds. The number of aryl methyl sites for hydroxylation is 1. The zero-order chi connectivity index (χ0) is 21.0. The number of carbonyl (C=O) groups excluding carboxylic acids is 1. The Hall–Kier alpha value is -3.09. The van der Waals surface area contributed by atoms with Gasteiger partial charge in [-0.3, -0.25) is 4.79 Å². The molecule has 3 aromatic rings. The molecular formula is C22H22F3N3O. The zero-order valence-electron chi connectivity index (χ0n) is 16.3. The highest BCUT2D eigenvalue weighted by molar-refractivity contribution is 5.79. The molecule has 4 nitrogen and oxygen atoms in total. The monoisotopic (exact) mass is 401 g/mol. The van der Waals surface area contributed by atoms with Gasteiger partial charge in [-0.2, -0.15) is 18.3 Å². The lowest BCUT2D eigenvalue weighted by molar-refractivity contribution is -0.137. The van der Waals surface area contributed by atoms with Crippen LogP contribution in [0.5, 0.6) is 0 Å². The Labute approximate surface area is 167 Å². The molecule has 1 aromatic heterocycles. The van der Waals surface area contributed by atoms with Crippen LogP contribution in [-0.4, -0.2) is 22.2 Å². The van der Waals surface area contributed by atoms with Crippen molar-refractivity contribution in [2.24, 2.45) is 0 Å². The fraction of sp³-hybridized carbons (Fsp3) is 0.273. The predicted molar refractivity (Wildman–Crippen MR) is 105 cm³/mol. The van der Waals surface area contributed by atoms with Gasteiger partial charge in [0.2, 0.25) is 5.91 Å². The van der Waals surface area contributed by atoms with Gasteiger partial charge in [0, 0.05) is 17.8 Å². The van der Waals surface area contributed by atoms with Crippen molar-refractivity contribution in [3.63, 3.8) is 0 Å². The number of hydrogen-bond acceptors (Lipinski definition) is 2. The lowest BCUT2D eigenvalue weighted by atomic mass is 10.1. The number of nitrogens with zero attached hydrogens (tertiary/aromatic N) is 2. The highest BCUT2D eigenvalue weighted by Crippen LogP contribution is 2.30. The molecule has 152 valence electrons. The minimum Gasteiger partial charge on any atom is -0.355 e. The SMILES string of the molecule is Cc1nn(-c2cccc(C(F)(F)F)c2)c(C)c1CC(=O)NCCc1ccccc1. The Morgan fingerprint density at radius 2 is 1.79 bits per heavy atom. The molecule has 0 atom stereocenters. The number of halogens is 3. The van der Waals surface area contributed by atoms with Gasteiger partial charge in [-0.1, -0.05) is 36.4 Å². The molecule has 0 aliphatic rings. The van der Waals surface area contributed by atoms with E-state index in [9.17, 15) is 18.0 Å². The van der Waals surface area contributed by atoms with Crippen LogP contribution in [0.3, 0.4) is 0 Å². The highest BCUT2D eigenvalue weighted by atomic mass is 19.4. The number of amides is 1. The van der Waals surface area contributed by atoms with E-state index in [1.54, 1.807) is 19.9 Å². The lowest BCUT2D eigenvalue weighted by Crippen LogP contribution is -2.27. The van der Waals surface area contributed by atoms with Gasteiger partial charge >= 0.3 is 6.18 Å². The van der Waals surface area contributed by atoms with Crippen LogP contribution in [0.25, 0.3) is 5.69 Å². The molecule has 29 heavy (non-hydrogen) atoms. The summed E-state index contributed by atoms with van der Waals surface area (Å²) in [5.41, 5.74) is 2.72. The fourth-order valence-corrected chi connectivity index (χ4v) is 3.21. The molecule has 7 heteroatoms. The van der Waals surface area contributed by atoms with Gasteiger partial charge in [-0.05, 0) is 44.0 Å². The van der Waals surface area contributed by atoms with Gasteiger partial charge in [0.25, 0.3) is 0 Å². The first-order valence-corrected chi connectivity index (χ1v) is 9.29. The third kappa shape index (κ3) is 5.04. The maximum atomic E-state index is 13.0. The van der Waals surface area contributed by atoms with Crippen molar-refractivity contribution >= 4 is 5.91 Å². The number of hydrogen-bond donors (Lipinski definition) is 1. The smallest absolute Gasteiger partial charge is 0.355 e. The number of carbonyl (C=O) groups is 1. The summed E-state index contributed by atoms with van der Waals surface area (Å²) in [6.45, 7) is 4.03. The van der Waals surface area contributed by atoms with E-state index in [1.807, 2.05) is 30.3 Å². The molecule has 0 radical (unpaired) electrons. The van der Waals surface area contributed by atoms with Gasteiger partial charge in [-0.25, -0.2) is 4.68 Å². The van der Waals surface area contributed by atoms with Gasteiger partial charge in [0.15, 0.2) is 0 Å². The maximum Gasteiger partial charge on any atom is 0.416 e. The maximum absolute atomic E-state index is 13.0. The molecule has 0 unspecified atom stereocenters. The number of benzene rings is 2. The summed E-state index contributed by atoms with van der Waals surface area (Å²) >= 11 is 0. The van der Waals surface area contributed by atoms with Crippen LogP contribution in [0.2, 0.25) is 0 Å². The zero-order valence-corrected chi connectivity index (χ0v) is 16.3. The Kier molecular flexibility index (Phi) is 6.06. The van der Waals surface area contributed by atoms with Crippen LogP contribution in [0.4, 0.5) is 13.2 Å². The molecule has 1 N–H and O–H groups in total. The molecule has 0 spiro atoms. The van der Waals surface area contributed by atoms with E-state index >= 15 is 0 Å². The Balaban J connectivity index is 1.70. The van der Waals surface area contributed by atoms with Crippen LogP contribution >= 0.6 is 0 Å². The van der Waals surface area contributed by atoms with Crippen LogP contribution in [-0.2, 0) is 23.8 Å². The number of alkyl halides is 3. The van der Waals surface area contributed by atoms with Crippen molar-refractivity contribution < 1.29 is 18.0 Å². The molecule has 0 bridgehead atoms. The second-order valence-electron chi connectivity index (χ2n) is 6.87. The topological polar surface area (TPSA) is 46.9 Å². The summed E-state index contributed by atoms with van der Waals surface area (Å²) in [6.07, 6.45) is -3.56. The number of rotatable bonds is 6.